The van der Waals surface area contributed by atoms with Crippen LogP contribution in [0, 0.1) is 6.92 Å². The van der Waals surface area contributed by atoms with Crippen molar-refractivity contribution in [3.05, 3.63) is 35.4 Å². The second-order valence-electron chi connectivity index (χ2n) is 5.28. The van der Waals surface area contributed by atoms with Crippen molar-refractivity contribution in [2.45, 2.75) is 32.7 Å². The van der Waals surface area contributed by atoms with E-state index < -0.39 is 0 Å². The fraction of sp³-hybridized carbons (Fsp3) is 0.375. The Balaban J connectivity index is 1.73. The lowest BCUT2D eigenvalue weighted by Gasteiger charge is -2.24. The van der Waals surface area contributed by atoms with Crippen molar-refractivity contribution in [3.8, 4) is 0 Å². The third-order valence-electron chi connectivity index (χ3n) is 3.65. The summed E-state index contributed by atoms with van der Waals surface area (Å²) in [6.07, 6.45) is 6.27. The summed E-state index contributed by atoms with van der Waals surface area (Å²) in [7, 11) is 0. The predicted octanol–water partition coefficient (Wildman–Crippen LogP) is 4.18. The Kier molecular flexibility index (Phi) is 3.92. The highest BCUT2D eigenvalue weighted by atomic mass is 32.1. The quantitative estimate of drug-likeness (QED) is 0.864. The van der Waals surface area contributed by atoms with Crippen LogP contribution < -0.4 is 5.32 Å². The molecule has 0 aliphatic carbocycles. The minimum Gasteiger partial charge on any atom is -0.314 e. The molecule has 2 amide bonds. The zero-order valence-corrected chi connectivity index (χ0v) is 13.1. The first kappa shape index (κ1) is 14.1. The summed E-state index contributed by atoms with van der Waals surface area (Å²) in [5.41, 5.74) is 1.82. The van der Waals surface area contributed by atoms with Crippen LogP contribution in [-0.2, 0) is 0 Å². The van der Waals surface area contributed by atoms with E-state index in [9.17, 15) is 4.79 Å². The van der Waals surface area contributed by atoms with Crippen LogP contribution in [0.1, 0.15) is 24.8 Å². The van der Waals surface area contributed by atoms with E-state index in [1.165, 1.54) is 0 Å². The number of aryl methyl sites for hydroxylation is 1. The molecule has 0 saturated carbocycles. The van der Waals surface area contributed by atoms with Gasteiger partial charge >= 0.3 is 6.03 Å². The van der Waals surface area contributed by atoms with E-state index in [2.05, 4.69) is 29.4 Å². The lowest BCUT2D eigenvalue weighted by Crippen LogP contribution is -2.39. The standard InChI is InChI=1S/C16H19N3OS/c1-3-5-13-6-4-9-19(13)16(20)18-12-7-8-14-15(10-12)21-11(2)17-14/h4,6-8,10,13H,3,5,9H2,1-2H3,(H,18,20). The van der Waals surface area contributed by atoms with E-state index in [0.717, 1.165) is 33.8 Å². The summed E-state index contributed by atoms with van der Waals surface area (Å²) in [6, 6.07) is 6.07. The molecule has 0 bridgehead atoms. The third kappa shape index (κ3) is 2.93. The smallest absolute Gasteiger partial charge is 0.314 e. The Morgan fingerprint density at radius 2 is 2.38 bits per heavy atom. The van der Waals surface area contributed by atoms with E-state index in [0.29, 0.717) is 6.54 Å². The largest absolute Gasteiger partial charge is 0.322 e. The van der Waals surface area contributed by atoms with Crippen molar-refractivity contribution in [3.63, 3.8) is 0 Å². The average Bonchev–Trinajstić information content (AvgIpc) is 3.04. The summed E-state index contributed by atoms with van der Waals surface area (Å²) >= 11 is 1.65. The molecule has 1 aliphatic rings. The number of anilines is 1. The first-order valence-corrected chi connectivity index (χ1v) is 8.10. The molecule has 0 radical (unpaired) electrons. The molecular formula is C16H19N3OS. The number of hydrogen-bond donors (Lipinski definition) is 1. The van der Waals surface area contributed by atoms with E-state index >= 15 is 0 Å². The number of nitrogens with one attached hydrogen (secondary N) is 1. The van der Waals surface area contributed by atoms with Crippen LogP contribution in [0.2, 0.25) is 0 Å². The Bertz CT molecular complexity index is 692. The molecule has 1 N–H and O–H groups in total. The van der Waals surface area contributed by atoms with Crippen molar-refractivity contribution < 1.29 is 4.79 Å². The molecule has 1 unspecified atom stereocenters. The second-order valence-corrected chi connectivity index (χ2v) is 6.52. The monoisotopic (exact) mass is 301 g/mol. The fourth-order valence-electron chi connectivity index (χ4n) is 2.66. The zero-order valence-electron chi connectivity index (χ0n) is 12.3. The lowest BCUT2D eigenvalue weighted by molar-refractivity contribution is 0.208. The van der Waals surface area contributed by atoms with Crippen molar-refractivity contribution in [2.24, 2.45) is 0 Å². The number of carbonyl (C=O) groups excluding carboxylic acids is 1. The average molecular weight is 301 g/mol. The Morgan fingerprint density at radius 1 is 1.52 bits per heavy atom. The van der Waals surface area contributed by atoms with E-state index in [-0.39, 0.29) is 12.1 Å². The molecule has 110 valence electrons. The summed E-state index contributed by atoms with van der Waals surface area (Å²) in [4.78, 5) is 18.7. The molecular weight excluding hydrogens is 282 g/mol. The lowest BCUT2D eigenvalue weighted by atomic mass is 10.2. The Hall–Kier alpha value is -1.88. The molecule has 0 saturated heterocycles. The fourth-order valence-corrected chi connectivity index (χ4v) is 3.53. The molecule has 0 fully saturated rings. The molecule has 2 aromatic rings. The molecule has 21 heavy (non-hydrogen) atoms. The summed E-state index contributed by atoms with van der Waals surface area (Å²) in [5, 5.41) is 4.04. The number of benzene rings is 1. The topological polar surface area (TPSA) is 45.2 Å². The number of rotatable bonds is 3. The van der Waals surface area contributed by atoms with Crippen LogP contribution in [0.4, 0.5) is 10.5 Å². The van der Waals surface area contributed by atoms with Gasteiger partial charge in [-0.2, -0.15) is 0 Å². The van der Waals surface area contributed by atoms with Gasteiger partial charge in [-0.3, -0.25) is 0 Å². The first-order chi connectivity index (χ1) is 10.2. The minimum absolute atomic E-state index is 0.0287. The molecule has 1 aromatic carbocycles. The highest BCUT2D eigenvalue weighted by Crippen LogP contribution is 2.25. The highest BCUT2D eigenvalue weighted by molar-refractivity contribution is 7.18. The molecule has 1 atom stereocenters. The van der Waals surface area contributed by atoms with Gasteiger partial charge in [0.15, 0.2) is 0 Å². The Morgan fingerprint density at radius 3 is 3.19 bits per heavy atom. The number of fused-ring (bicyclic) bond motifs is 1. The maximum atomic E-state index is 12.4. The van der Waals surface area contributed by atoms with Gasteiger partial charge in [0.1, 0.15) is 0 Å². The van der Waals surface area contributed by atoms with Gasteiger partial charge in [-0.05, 0) is 31.5 Å². The molecule has 5 heteroatoms. The molecule has 3 rings (SSSR count). The van der Waals surface area contributed by atoms with Crippen molar-refractivity contribution in [1.29, 1.82) is 0 Å². The van der Waals surface area contributed by atoms with Crippen LogP contribution in [0.25, 0.3) is 10.2 Å². The maximum absolute atomic E-state index is 12.4. The van der Waals surface area contributed by atoms with Gasteiger partial charge in [0.25, 0.3) is 0 Å². The van der Waals surface area contributed by atoms with Gasteiger partial charge < -0.3 is 10.2 Å². The number of urea groups is 1. The van der Waals surface area contributed by atoms with Gasteiger partial charge in [0.2, 0.25) is 0 Å². The Labute approximate surface area is 128 Å². The van der Waals surface area contributed by atoms with Gasteiger partial charge in [0, 0.05) is 12.2 Å². The number of nitrogens with zero attached hydrogens (tertiary/aromatic N) is 2. The number of carbonyl (C=O) groups is 1. The number of thiazole rings is 1. The molecule has 1 aliphatic heterocycles. The first-order valence-electron chi connectivity index (χ1n) is 7.29. The molecule has 0 spiro atoms. The second kappa shape index (κ2) is 5.85. The summed E-state index contributed by atoms with van der Waals surface area (Å²) < 4.78 is 1.11. The van der Waals surface area contributed by atoms with Gasteiger partial charge in [-0.15, -0.1) is 11.3 Å². The number of aromatic nitrogens is 1. The van der Waals surface area contributed by atoms with Crippen molar-refractivity contribution in [2.75, 3.05) is 11.9 Å². The van der Waals surface area contributed by atoms with Crippen molar-refractivity contribution in [1.82, 2.24) is 9.88 Å². The SMILES string of the molecule is CCCC1C=CCN1C(=O)Nc1ccc2nc(C)sc2c1. The molecule has 1 aromatic heterocycles. The van der Waals surface area contributed by atoms with Gasteiger partial charge in [-0.1, -0.05) is 25.5 Å². The normalized spacial score (nSPS) is 17.6. The summed E-state index contributed by atoms with van der Waals surface area (Å²) in [6.45, 7) is 4.83. The zero-order chi connectivity index (χ0) is 14.8. The van der Waals surface area contributed by atoms with Crippen LogP contribution in [0.3, 0.4) is 0 Å². The van der Waals surface area contributed by atoms with E-state index in [1.807, 2.05) is 30.0 Å². The number of amides is 2. The van der Waals surface area contributed by atoms with Crippen LogP contribution in [-0.4, -0.2) is 28.5 Å². The summed E-state index contributed by atoms with van der Waals surface area (Å²) in [5.74, 6) is 0. The van der Waals surface area contributed by atoms with Crippen molar-refractivity contribution >= 4 is 33.3 Å². The van der Waals surface area contributed by atoms with Crippen LogP contribution in [0.5, 0.6) is 0 Å². The number of hydrogen-bond acceptors (Lipinski definition) is 3. The maximum Gasteiger partial charge on any atom is 0.322 e. The van der Waals surface area contributed by atoms with E-state index in [4.69, 9.17) is 0 Å². The highest BCUT2D eigenvalue weighted by Gasteiger charge is 2.23. The van der Waals surface area contributed by atoms with Crippen LogP contribution in [0.15, 0.2) is 30.4 Å². The molecule has 4 nitrogen and oxygen atoms in total. The van der Waals surface area contributed by atoms with Gasteiger partial charge in [0.05, 0.1) is 21.3 Å². The third-order valence-corrected chi connectivity index (χ3v) is 4.59. The molecule has 2 heterocycles. The van der Waals surface area contributed by atoms with E-state index in [1.54, 1.807) is 11.3 Å². The van der Waals surface area contributed by atoms with Gasteiger partial charge in [-0.25, -0.2) is 9.78 Å². The minimum atomic E-state index is -0.0287. The van der Waals surface area contributed by atoms with Crippen LogP contribution >= 0.6 is 11.3 Å². The predicted molar refractivity (Wildman–Crippen MR) is 87.9 cm³/mol.